The van der Waals surface area contributed by atoms with Crippen molar-refractivity contribution in [2.75, 3.05) is 0 Å². The molecule has 0 unspecified atom stereocenters. The van der Waals surface area contributed by atoms with Gasteiger partial charge in [0.1, 0.15) is 0 Å². The van der Waals surface area contributed by atoms with Crippen molar-refractivity contribution in [3.63, 3.8) is 0 Å². The van der Waals surface area contributed by atoms with Gasteiger partial charge in [-0.05, 0) is 132 Å². The first-order chi connectivity index (χ1) is 24.8. The molecule has 2 fully saturated rings. The normalized spacial score (nSPS) is 19.0. The molecule has 2 saturated heterocycles. The van der Waals surface area contributed by atoms with Crippen molar-refractivity contribution in [3.8, 4) is 22.3 Å². The van der Waals surface area contributed by atoms with E-state index in [0.29, 0.717) is 0 Å². The number of hydrogen-bond donors (Lipinski definition) is 0. The summed E-state index contributed by atoms with van der Waals surface area (Å²) in [7, 11) is -0.901. The molecule has 0 bridgehead atoms. The van der Waals surface area contributed by atoms with Crippen molar-refractivity contribution in [2.24, 2.45) is 0 Å². The zero-order valence-corrected chi connectivity index (χ0v) is 31.3. The maximum absolute atomic E-state index is 6.57. The second kappa shape index (κ2) is 11.5. The fraction of sp³-hybridized carbons (Fsp3) is 0.261. The Bertz CT molecular complexity index is 2300. The second-order valence-electron chi connectivity index (χ2n) is 16.5. The monoisotopic (exact) mass is 682 g/mol. The van der Waals surface area contributed by atoms with Crippen LogP contribution in [-0.4, -0.2) is 36.6 Å². The quantitative estimate of drug-likeness (QED) is 0.137. The number of benzene rings is 7. The molecule has 0 spiro atoms. The fourth-order valence-corrected chi connectivity index (χ4v) is 8.14. The lowest BCUT2D eigenvalue weighted by Crippen LogP contribution is -2.41. The van der Waals surface area contributed by atoms with Crippen LogP contribution in [0.25, 0.3) is 65.3 Å². The Labute approximate surface area is 307 Å². The van der Waals surface area contributed by atoms with Gasteiger partial charge in [0.25, 0.3) is 0 Å². The molecule has 2 heterocycles. The Morgan fingerprint density at radius 3 is 0.846 bits per heavy atom. The van der Waals surface area contributed by atoms with Gasteiger partial charge in [-0.25, -0.2) is 0 Å². The molecule has 0 saturated carbocycles. The highest BCUT2D eigenvalue weighted by atomic mass is 16.7. The van der Waals surface area contributed by atoms with Crippen molar-refractivity contribution in [2.45, 2.75) is 77.8 Å². The molecule has 0 aromatic heterocycles. The third kappa shape index (κ3) is 4.92. The van der Waals surface area contributed by atoms with Gasteiger partial charge in [-0.1, -0.05) is 121 Å². The van der Waals surface area contributed by atoms with Gasteiger partial charge in [-0.3, -0.25) is 0 Å². The molecule has 7 aromatic rings. The van der Waals surface area contributed by atoms with Gasteiger partial charge in [0.05, 0.1) is 22.4 Å². The van der Waals surface area contributed by atoms with Gasteiger partial charge in [0.15, 0.2) is 0 Å². The van der Waals surface area contributed by atoms with Crippen LogP contribution in [0.15, 0.2) is 121 Å². The minimum absolute atomic E-state index is 0.424. The van der Waals surface area contributed by atoms with Crippen molar-refractivity contribution in [1.82, 2.24) is 0 Å². The van der Waals surface area contributed by atoms with E-state index in [1.165, 1.54) is 54.6 Å². The lowest BCUT2D eigenvalue weighted by molar-refractivity contribution is 0.00578. The van der Waals surface area contributed by atoms with Crippen molar-refractivity contribution >= 4 is 68.3 Å². The van der Waals surface area contributed by atoms with E-state index >= 15 is 0 Å². The maximum Gasteiger partial charge on any atom is 0.495 e. The van der Waals surface area contributed by atoms with E-state index in [2.05, 4.69) is 177 Å². The average Bonchev–Trinajstić information content (AvgIpc) is 3.48. The first-order valence-electron chi connectivity index (χ1n) is 18.5. The van der Waals surface area contributed by atoms with Crippen LogP contribution in [0.3, 0.4) is 0 Å². The summed E-state index contributed by atoms with van der Waals surface area (Å²) in [6.45, 7) is 16.9. The van der Waals surface area contributed by atoms with Crippen LogP contribution in [-0.2, 0) is 18.6 Å². The van der Waals surface area contributed by atoms with E-state index in [1.807, 2.05) is 0 Å². The molecule has 2 aliphatic heterocycles. The van der Waals surface area contributed by atoms with Crippen LogP contribution in [0.2, 0.25) is 0 Å². The molecule has 0 N–H and O–H groups in total. The summed E-state index contributed by atoms with van der Waals surface area (Å²) in [6.07, 6.45) is 0. The van der Waals surface area contributed by atoms with Crippen LogP contribution in [0.5, 0.6) is 0 Å². The molecule has 9 rings (SSSR count). The fourth-order valence-electron chi connectivity index (χ4n) is 8.14. The van der Waals surface area contributed by atoms with E-state index in [0.717, 1.165) is 21.7 Å². The van der Waals surface area contributed by atoms with Gasteiger partial charge in [-0.15, -0.1) is 0 Å². The van der Waals surface area contributed by atoms with E-state index in [-0.39, 0.29) is 0 Å². The summed E-state index contributed by atoms with van der Waals surface area (Å²) in [5.41, 5.74) is 5.24. The minimum atomic E-state index is -0.451. The van der Waals surface area contributed by atoms with Crippen molar-refractivity contribution < 1.29 is 18.6 Å². The predicted molar refractivity (Wildman–Crippen MR) is 219 cm³/mol. The van der Waals surface area contributed by atoms with E-state index in [9.17, 15) is 0 Å². The molecule has 2 aliphatic rings. The van der Waals surface area contributed by atoms with Crippen LogP contribution < -0.4 is 10.9 Å². The first kappa shape index (κ1) is 33.4. The Morgan fingerprint density at radius 1 is 0.308 bits per heavy atom. The molecule has 6 heteroatoms. The molecule has 258 valence electrons. The minimum Gasteiger partial charge on any atom is -0.399 e. The summed E-state index contributed by atoms with van der Waals surface area (Å²) < 4.78 is 26.3. The highest BCUT2D eigenvalue weighted by Gasteiger charge is 2.53. The summed E-state index contributed by atoms with van der Waals surface area (Å²) in [6, 6.07) is 44.0. The van der Waals surface area contributed by atoms with Crippen molar-refractivity contribution in [3.05, 3.63) is 121 Å². The van der Waals surface area contributed by atoms with Gasteiger partial charge < -0.3 is 18.6 Å². The van der Waals surface area contributed by atoms with Gasteiger partial charge in [-0.2, -0.15) is 0 Å². The maximum atomic E-state index is 6.57. The van der Waals surface area contributed by atoms with Crippen LogP contribution in [0.4, 0.5) is 0 Å². The van der Waals surface area contributed by atoms with Crippen LogP contribution in [0.1, 0.15) is 55.4 Å². The third-order valence-corrected chi connectivity index (χ3v) is 12.4. The number of hydrogen-bond acceptors (Lipinski definition) is 4. The van der Waals surface area contributed by atoms with Crippen molar-refractivity contribution in [1.29, 1.82) is 0 Å². The zero-order chi connectivity index (χ0) is 36.2. The summed E-state index contributed by atoms with van der Waals surface area (Å²) >= 11 is 0. The average molecular weight is 682 g/mol. The summed E-state index contributed by atoms with van der Waals surface area (Å²) in [4.78, 5) is 0. The standard InChI is InChI=1S/C46H44B2O4/c1-43(2)44(3,4)50-47(49-43)39-27-25-37(29-17-9-11-19-31(29)39)41-33-21-13-15-23-35(33)42(36-24-16-14-22-34(36)41)38-26-28-40(32-20-12-10-18-30(32)38)48-51-45(5,6)46(7,8)52-48/h9-28H,1-8H3. The van der Waals surface area contributed by atoms with Crippen LogP contribution in [0, 0.1) is 0 Å². The lowest BCUT2D eigenvalue weighted by atomic mass is 9.73. The van der Waals surface area contributed by atoms with E-state index in [1.54, 1.807) is 0 Å². The molecular weight excluding hydrogens is 638 g/mol. The molecule has 0 aliphatic carbocycles. The first-order valence-corrected chi connectivity index (χ1v) is 18.5. The molecule has 0 radical (unpaired) electrons. The predicted octanol–water partition coefficient (Wildman–Crippen LogP) is 10.2. The lowest BCUT2D eigenvalue weighted by Gasteiger charge is -2.32. The van der Waals surface area contributed by atoms with Gasteiger partial charge in [0, 0.05) is 0 Å². The van der Waals surface area contributed by atoms with E-state index < -0.39 is 36.6 Å². The third-order valence-electron chi connectivity index (χ3n) is 12.4. The molecule has 52 heavy (non-hydrogen) atoms. The second-order valence-corrected chi connectivity index (χ2v) is 16.5. The number of fused-ring (bicyclic) bond motifs is 4. The highest BCUT2D eigenvalue weighted by Crippen LogP contribution is 2.47. The number of rotatable bonds is 4. The van der Waals surface area contributed by atoms with E-state index in [4.69, 9.17) is 18.6 Å². The molecule has 0 amide bonds. The van der Waals surface area contributed by atoms with Gasteiger partial charge in [0.2, 0.25) is 0 Å². The largest absolute Gasteiger partial charge is 0.495 e. The molecule has 4 nitrogen and oxygen atoms in total. The Hall–Kier alpha value is -4.45. The summed E-state index contributed by atoms with van der Waals surface area (Å²) in [5, 5.41) is 9.48. The molecular formula is C46H44B2O4. The zero-order valence-electron chi connectivity index (χ0n) is 31.3. The summed E-state index contributed by atoms with van der Waals surface area (Å²) in [5.74, 6) is 0. The Kier molecular flexibility index (Phi) is 7.40. The molecule has 7 aromatic carbocycles. The van der Waals surface area contributed by atoms with Gasteiger partial charge >= 0.3 is 14.2 Å². The highest BCUT2D eigenvalue weighted by molar-refractivity contribution is 6.66. The smallest absolute Gasteiger partial charge is 0.399 e. The Morgan fingerprint density at radius 2 is 0.558 bits per heavy atom. The SMILES string of the molecule is CC1(C)OB(c2ccc(-c3c4ccccc4c(-c4ccc(B5OC(C)(C)C(C)(C)O5)c5ccccc45)c4ccccc34)c3ccccc23)OC1(C)C. The topological polar surface area (TPSA) is 36.9 Å². The molecule has 0 atom stereocenters. The van der Waals surface area contributed by atoms with Crippen LogP contribution >= 0.6 is 0 Å². The Balaban J connectivity index is 1.28.